The lowest BCUT2D eigenvalue weighted by molar-refractivity contribution is -0.119. The maximum absolute atomic E-state index is 12.6. The van der Waals surface area contributed by atoms with E-state index in [1.165, 1.54) is 21.4 Å². The van der Waals surface area contributed by atoms with Gasteiger partial charge in [0.15, 0.2) is 6.73 Å². The van der Waals surface area contributed by atoms with E-state index in [1.54, 1.807) is 0 Å². The Hall–Kier alpha value is -3.85. The van der Waals surface area contributed by atoms with E-state index in [9.17, 15) is 9.59 Å². The van der Waals surface area contributed by atoms with Gasteiger partial charge in [0, 0.05) is 49.7 Å². The number of anilines is 2. The van der Waals surface area contributed by atoms with E-state index >= 15 is 0 Å². The first-order valence-electron chi connectivity index (χ1n) is 15.4. The van der Waals surface area contributed by atoms with Crippen LogP contribution >= 0.6 is 0 Å². The number of aromatic nitrogens is 1. The lowest BCUT2D eigenvalue weighted by atomic mass is 10.1. The fraction of sp³-hybridized carbons (Fsp3) is 0.485. The fourth-order valence-corrected chi connectivity index (χ4v) is 6.20. The molecule has 0 unspecified atom stereocenters. The highest BCUT2D eigenvalue weighted by Crippen LogP contribution is 2.29. The van der Waals surface area contributed by atoms with E-state index in [-0.39, 0.29) is 18.7 Å². The predicted molar refractivity (Wildman–Crippen MR) is 162 cm³/mol. The number of unbranched alkanes of at least 4 members (excludes halogenated alkanes) is 1. The second-order valence-electron chi connectivity index (χ2n) is 11.4. The SMILES string of the molecule is O=C(OCN1C(=O)CCc2ccc(OCCCCN3CCN(c4cccc5ccccc45)CC3)nc21)OC1CCCC1. The Morgan fingerprint density at radius 2 is 1.71 bits per heavy atom. The lowest BCUT2D eigenvalue weighted by Crippen LogP contribution is -2.46. The standard InChI is InChI=1S/C33H40N4O5/c38-31-17-15-26-14-16-30(34-32(26)37(31)24-41-33(39)42-27-10-2-3-11-27)40-23-6-5-18-35-19-21-36(22-20-35)29-13-7-9-25-8-1-4-12-28(25)29/h1,4,7-9,12-14,16,27H,2-3,5-6,10-11,15,17-24H2. The Labute approximate surface area is 247 Å². The molecule has 9 heteroatoms. The van der Waals surface area contributed by atoms with Gasteiger partial charge in [-0.1, -0.05) is 36.4 Å². The second-order valence-corrected chi connectivity index (χ2v) is 11.4. The van der Waals surface area contributed by atoms with Crippen molar-refractivity contribution in [2.75, 3.05) is 55.9 Å². The molecule has 3 aromatic rings. The van der Waals surface area contributed by atoms with Crippen LogP contribution in [0.4, 0.5) is 16.3 Å². The van der Waals surface area contributed by atoms with Gasteiger partial charge in [-0.05, 0) is 74.6 Å². The molecule has 1 aromatic heterocycles. The number of carbonyl (C=O) groups excluding carboxylic acids is 2. The van der Waals surface area contributed by atoms with Crippen LogP contribution in [0.3, 0.4) is 0 Å². The Kier molecular flexibility index (Phi) is 9.03. The topological polar surface area (TPSA) is 84.4 Å². The monoisotopic (exact) mass is 572 g/mol. The summed E-state index contributed by atoms with van der Waals surface area (Å²) < 4.78 is 16.6. The summed E-state index contributed by atoms with van der Waals surface area (Å²) in [5, 5.41) is 2.61. The minimum Gasteiger partial charge on any atom is -0.478 e. The van der Waals surface area contributed by atoms with Crippen LogP contribution in [-0.2, 0) is 20.7 Å². The number of pyridine rings is 1. The maximum Gasteiger partial charge on any atom is 0.510 e. The number of amides is 1. The first-order chi connectivity index (χ1) is 20.6. The Bertz CT molecular complexity index is 1380. The predicted octanol–water partition coefficient (Wildman–Crippen LogP) is 5.55. The largest absolute Gasteiger partial charge is 0.510 e. The van der Waals surface area contributed by atoms with Crippen LogP contribution in [-0.4, -0.2) is 74.1 Å². The molecule has 1 saturated heterocycles. The third kappa shape index (κ3) is 6.78. The fourth-order valence-electron chi connectivity index (χ4n) is 6.20. The van der Waals surface area contributed by atoms with E-state index in [0.29, 0.717) is 31.1 Å². The molecular weight excluding hydrogens is 532 g/mol. The summed E-state index contributed by atoms with van der Waals surface area (Å²) in [6, 6.07) is 19.0. The molecule has 0 radical (unpaired) electrons. The van der Waals surface area contributed by atoms with Crippen molar-refractivity contribution in [3.63, 3.8) is 0 Å². The van der Waals surface area contributed by atoms with Crippen molar-refractivity contribution >= 4 is 34.3 Å². The van der Waals surface area contributed by atoms with Gasteiger partial charge >= 0.3 is 6.16 Å². The van der Waals surface area contributed by atoms with Gasteiger partial charge < -0.3 is 19.1 Å². The molecule has 1 amide bonds. The van der Waals surface area contributed by atoms with Crippen LogP contribution in [0.15, 0.2) is 54.6 Å². The number of benzene rings is 2. The highest BCUT2D eigenvalue weighted by atomic mass is 16.7. The summed E-state index contributed by atoms with van der Waals surface area (Å²) in [5.74, 6) is 0.855. The number of aryl methyl sites for hydroxylation is 1. The minimum atomic E-state index is -0.732. The van der Waals surface area contributed by atoms with Gasteiger partial charge in [-0.15, -0.1) is 0 Å². The molecule has 6 rings (SSSR count). The average Bonchev–Trinajstić information content (AvgIpc) is 3.53. The number of piperazine rings is 1. The maximum atomic E-state index is 12.6. The molecule has 3 aliphatic rings. The molecule has 2 fully saturated rings. The summed E-state index contributed by atoms with van der Waals surface area (Å²) in [5.41, 5.74) is 2.27. The number of fused-ring (bicyclic) bond motifs is 2. The molecule has 42 heavy (non-hydrogen) atoms. The summed E-state index contributed by atoms with van der Waals surface area (Å²) >= 11 is 0. The smallest absolute Gasteiger partial charge is 0.478 e. The summed E-state index contributed by atoms with van der Waals surface area (Å²) in [7, 11) is 0. The van der Waals surface area contributed by atoms with E-state index in [0.717, 1.165) is 76.8 Å². The third-order valence-electron chi connectivity index (χ3n) is 8.57. The van der Waals surface area contributed by atoms with Crippen LogP contribution in [0.25, 0.3) is 10.8 Å². The number of rotatable bonds is 10. The molecule has 0 atom stereocenters. The van der Waals surface area contributed by atoms with Crippen LogP contribution in [0, 0.1) is 0 Å². The second kappa shape index (κ2) is 13.4. The van der Waals surface area contributed by atoms with Crippen LogP contribution in [0.5, 0.6) is 5.88 Å². The Morgan fingerprint density at radius 3 is 2.57 bits per heavy atom. The average molecular weight is 573 g/mol. The van der Waals surface area contributed by atoms with Gasteiger partial charge in [0.25, 0.3) is 0 Å². The zero-order chi connectivity index (χ0) is 28.7. The number of nitrogens with zero attached hydrogens (tertiary/aromatic N) is 4. The molecule has 1 saturated carbocycles. The van der Waals surface area contributed by atoms with Crippen molar-refractivity contribution in [3.8, 4) is 5.88 Å². The van der Waals surface area contributed by atoms with Gasteiger partial charge in [-0.3, -0.25) is 14.6 Å². The number of carbonyl (C=O) groups is 2. The van der Waals surface area contributed by atoms with E-state index in [2.05, 4.69) is 57.2 Å². The van der Waals surface area contributed by atoms with Gasteiger partial charge in [0.05, 0.1) is 6.61 Å². The summed E-state index contributed by atoms with van der Waals surface area (Å²) in [6.45, 7) is 5.55. The molecule has 9 nitrogen and oxygen atoms in total. The van der Waals surface area contributed by atoms with Crippen LogP contribution < -0.4 is 14.5 Å². The Morgan fingerprint density at radius 1 is 0.905 bits per heavy atom. The molecule has 2 aliphatic heterocycles. The molecule has 0 spiro atoms. The zero-order valence-corrected chi connectivity index (χ0v) is 24.2. The summed E-state index contributed by atoms with van der Waals surface area (Å²) in [4.78, 5) is 35.8. The van der Waals surface area contributed by atoms with Crippen LogP contribution in [0.2, 0.25) is 0 Å². The molecule has 0 N–H and O–H groups in total. The minimum absolute atomic E-state index is 0.0837. The van der Waals surface area contributed by atoms with Gasteiger partial charge in [0.1, 0.15) is 11.9 Å². The van der Waals surface area contributed by atoms with E-state index < -0.39 is 6.16 Å². The van der Waals surface area contributed by atoms with E-state index in [4.69, 9.17) is 14.2 Å². The Balaban J connectivity index is 0.936. The molecular formula is C33H40N4O5. The van der Waals surface area contributed by atoms with E-state index in [1.807, 2.05) is 12.1 Å². The normalized spacial score (nSPS) is 17.9. The first kappa shape index (κ1) is 28.3. The molecule has 3 heterocycles. The number of hydrogen-bond acceptors (Lipinski definition) is 8. The molecule has 0 bridgehead atoms. The van der Waals surface area contributed by atoms with Crippen molar-refractivity contribution in [1.82, 2.24) is 9.88 Å². The highest BCUT2D eigenvalue weighted by molar-refractivity contribution is 5.95. The summed E-state index contributed by atoms with van der Waals surface area (Å²) in [6.07, 6.45) is 5.96. The van der Waals surface area contributed by atoms with Crippen molar-refractivity contribution in [1.29, 1.82) is 0 Å². The molecule has 2 aromatic carbocycles. The van der Waals surface area contributed by atoms with Gasteiger partial charge in [-0.2, -0.15) is 4.98 Å². The van der Waals surface area contributed by atoms with Crippen molar-refractivity contribution < 1.29 is 23.8 Å². The zero-order valence-electron chi connectivity index (χ0n) is 24.2. The van der Waals surface area contributed by atoms with Crippen molar-refractivity contribution in [2.24, 2.45) is 0 Å². The van der Waals surface area contributed by atoms with Crippen molar-refractivity contribution in [3.05, 3.63) is 60.2 Å². The van der Waals surface area contributed by atoms with Crippen LogP contribution in [0.1, 0.15) is 50.5 Å². The molecule has 1 aliphatic carbocycles. The number of hydrogen-bond donors (Lipinski definition) is 0. The quantitative estimate of drug-likeness (QED) is 0.231. The third-order valence-corrected chi connectivity index (χ3v) is 8.57. The van der Waals surface area contributed by atoms with Gasteiger partial charge in [0.2, 0.25) is 11.8 Å². The molecule has 222 valence electrons. The lowest BCUT2D eigenvalue weighted by Gasteiger charge is -2.36. The van der Waals surface area contributed by atoms with Gasteiger partial charge in [-0.25, -0.2) is 4.79 Å². The number of ether oxygens (including phenoxy) is 3. The first-order valence-corrected chi connectivity index (χ1v) is 15.4. The highest BCUT2D eigenvalue weighted by Gasteiger charge is 2.28. The van der Waals surface area contributed by atoms with Crippen molar-refractivity contribution in [2.45, 2.75) is 57.5 Å².